The average molecular weight is 387 g/mol. The van der Waals surface area contributed by atoms with Crippen LogP contribution in [-0.4, -0.2) is 19.6 Å². The van der Waals surface area contributed by atoms with Gasteiger partial charge in [-0.25, -0.2) is 4.98 Å². The molecular formula is C23H25N5O. The van der Waals surface area contributed by atoms with Crippen molar-refractivity contribution in [3.05, 3.63) is 92.2 Å². The van der Waals surface area contributed by atoms with Gasteiger partial charge in [-0.2, -0.15) is 9.50 Å². The van der Waals surface area contributed by atoms with E-state index in [4.69, 9.17) is 0 Å². The first-order chi connectivity index (χ1) is 13.9. The van der Waals surface area contributed by atoms with Crippen LogP contribution < -0.4 is 10.9 Å². The third kappa shape index (κ3) is 3.92. The number of nitrogens with zero attached hydrogens (tertiary/aromatic N) is 3. The van der Waals surface area contributed by atoms with Crippen molar-refractivity contribution in [1.29, 1.82) is 0 Å². The third-order valence-electron chi connectivity index (χ3n) is 5.17. The van der Waals surface area contributed by atoms with Crippen molar-refractivity contribution in [3.63, 3.8) is 0 Å². The molecular weight excluding hydrogens is 362 g/mol. The normalized spacial score (nSPS) is 11.2. The highest BCUT2D eigenvalue weighted by molar-refractivity contribution is 5.52. The van der Waals surface area contributed by atoms with Crippen molar-refractivity contribution >= 4 is 11.5 Å². The third-order valence-corrected chi connectivity index (χ3v) is 5.17. The Morgan fingerprint density at radius 2 is 1.69 bits per heavy atom. The highest BCUT2D eigenvalue weighted by Gasteiger charge is 2.14. The lowest BCUT2D eigenvalue weighted by atomic mass is 10.0. The molecule has 4 rings (SSSR count). The van der Waals surface area contributed by atoms with Crippen LogP contribution in [0.5, 0.6) is 0 Å². The molecule has 0 fully saturated rings. The maximum Gasteiger partial charge on any atom is 0.277 e. The molecule has 0 amide bonds. The van der Waals surface area contributed by atoms with E-state index < -0.39 is 0 Å². The summed E-state index contributed by atoms with van der Waals surface area (Å²) in [6, 6.07) is 14.5. The summed E-state index contributed by atoms with van der Waals surface area (Å²) in [6.45, 7) is 8.55. The van der Waals surface area contributed by atoms with Crippen molar-refractivity contribution < 1.29 is 0 Å². The fourth-order valence-corrected chi connectivity index (χ4v) is 3.48. The van der Waals surface area contributed by atoms with Crippen LogP contribution in [0.1, 0.15) is 39.3 Å². The molecule has 0 radical (unpaired) electrons. The van der Waals surface area contributed by atoms with E-state index in [9.17, 15) is 4.79 Å². The van der Waals surface area contributed by atoms with Gasteiger partial charge in [-0.1, -0.05) is 47.5 Å². The molecule has 2 aromatic heterocycles. The Morgan fingerprint density at radius 3 is 2.41 bits per heavy atom. The van der Waals surface area contributed by atoms with Crippen molar-refractivity contribution in [1.82, 2.24) is 19.6 Å². The van der Waals surface area contributed by atoms with E-state index >= 15 is 0 Å². The fourth-order valence-electron chi connectivity index (χ4n) is 3.48. The Labute approximate surface area is 169 Å². The van der Waals surface area contributed by atoms with E-state index in [0.717, 1.165) is 16.9 Å². The van der Waals surface area contributed by atoms with Crippen molar-refractivity contribution in [2.45, 2.75) is 40.7 Å². The molecule has 0 aliphatic rings. The van der Waals surface area contributed by atoms with Gasteiger partial charge in [0, 0.05) is 17.7 Å². The molecule has 0 saturated carbocycles. The standard InChI is InChI=1S/C23H25N5O/c1-14-5-8-18(9-6-14)12-19-17(4)25-23-26-21(27-28(23)22(19)29)13-24-20-10-7-15(2)11-16(20)3/h5-11,24H,12-13H2,1-4H3,(H,25,26,27). The predicted octanol–water partition coefficient (Wildman–Crippen LogP) is 3.85. The van der Waals surface area contributed by atoms with Crippen molar-refractivity contribution in [2.24, 2.45) is 0 Å². The van der Waals surface area contributed by atoms with Crippen LogP contribution in [0.2, 0.25) is 0 Å². The highest BCUT2D eigenvalue weighted by atomic mass is 16.1. The first kappa shape index (κ1) is 18.9. The van der Waals surface area contributed by atoms with Gasteiger partial charge < -0.3 is 5.32 Å². The van der Waals surface area contributed by atoms with Crippen LogP contribution in [0.3, 0.4) is 0 Å². The van der Waals surface area contributed by atoms with Gasteiger partial charge in [-0.3, -0.25) is 9.89 Å². The largest absolute Gasteiger partial charge is 0.378 e. The first-order valence-electron chi connectivity index (χ1n) is 9.74. The quantitative estimate of drug-likeness (QED) is 0.545. The number of aromatic amines is 1. The van der Waals surface area contributed by atoms with Gasteiger partial charge in [0.1, 0.15) is 5.82 Å². The second-order valence-corrected chi connectivity index (χ2v) is 7.62. The maximum atomic E-state index is 13.0. The molecule has 6 heteroatoms. The average Bonchev–Trinajstić information content (AvgIpc) is 3.09. The topological polar surface area (TPSA) is 75.1 Å². The van der Waals surface area contributed by atoms with E-state index in [1.165, 1.54) is 21.2 Å². The van der Waals surface area contributed by atoms with Crippen LogP contribution in [0, 0.1) is 27.7 Å². The molecule has 0 spiro atoms. The maximum absolute atomic E-state index is 13.0. The summed E-state index contributed by atoms with van der Waals surface area (Å²) in [5.41, 5.74) is 7.04. The minimum absolute atomic E-state index is 0.0988. The molecule has 0 bridgehead atoms. The number of rotatable bonds is 5. The second-order valence-electron chi connectivity index (χ2n) is 7.62. The van der Waals surface area contributed by atoms with Crippen LogP contribution in [0.4, 0.5) is 5.69 Å². The lowest BCUT2D eigenvalue weighted by Gasteiger charge is -2.08. The minimum Gasteiger partial charge on any atom is -0.378 e. The zero-order chi connectivity index (χ0) is 20.5. The van der Waals surface area contributed by atoms with Crippen LogP contribution in [-0.2, 0) is 13.0 Å². The van der Waals surface area contributed by atoms with Crippen LogP contribution in [0.15, 0.2) is 47.3 Å². The summed E-state index contributed by atoms with van der Waals surface area (Å²) in [6.07, 6.45) is 0.552. The molecule has 0 aliphatic heterocycles. The van der Waals surface area contributed by atoms with E-state index in [-0.39, 0.29) is 5.56 Å². The number of hydrogen-bond donors (Lipinski definition) is 2. The van der Waals surface area contributed by atoms with E-state index in [1.54, 1.807) is 0 Å². The Kier molecular flexibility index (Phi) is 4.92. The summed E-state index contributed by atoms with van der Waals surface area (Å²) >= 11 is 0. The molecule has 0 aliphatic carbocycles. The van der Waals surface area contributed by atoms with Crippen molar-refractivity contribution in [2.75, 3.05) is 5.32 Å². The Balaban J connectivity index is 1.61. The summed E-state index contributed by atoms with van der Waals surface area (Å²) in [5.74, 6) is 1.07. The predicted molar refractivity (Wildman–Crippen MR) is 116 cm³/mol. The zero-order valence-electron chi connectivity index (χ0n) is 17.2. The zero-order valence-corrected chi connectivity index (χ0v) is 17.2. The van der Waals surface area contributed by atoms with Crippen LogP contribution in [0.25, 0.3) is 5.78 Å². The van der Waals surface area contributed by atoms with Crippen LogP contribution >= 0.6 is 0 Å². The summed E-state index contributed by atoms with van der Waals surface area (Å²) in [5, 5.41) is 6.47. The van der Waals surface area contributed by atoms with Gasteiger partial charge in [-0.15, -0.1) is 0 Å². The fraction of sp³-hybridized carbons (Fsp3) is 0.261. The molecule has 2 heterocycles. The number of aryl methyl sites for hydroxylation is 4. The number of fused-ring (bicyclic) bond motifs is 1. The molecule has 148 valence electrons. The molecule has 0 atom stereocenters. The number of nitrogens with one attached hydrogen (secondary N) is 2. The van der Waals surface area contributed by atoms with Crippen molar-refractivity contribution in [3.8, 4) is 0 Å². The Bertz CT molecular complexity index is 1230. The van der Waals surface area contributed by atoms with Gasteiger partial charge in [0.05, 0.1) is 12.2 Å². The van der Waals surface area contributed by atoms with Gasteiger partial charge in [-0.05, 0) is 44.9 Å². The van der Waals surface area contributed by atoms with E-state index in [1.807, 2.05) is 6.92 Å². The lowest BCUT2D eigenvalue weighted by molar-refractivity contribution is 0.832. The minimum atomic E-state index is -0.0988. The number of H-pyrrole nitrogens is 1. The monoisotopic (exact) mass is 387 g/mol. The van der Waals surface area contributed by atoms with E-state index in [0.29, 0.717) is 30.1 Å². The van der Waals surface area contributed by atoms with E-state index in [2.05, 4.69) is 83.6 Å². The summed E-state index contributed by atoms with van der Waals surface area (Å²) < 4.78 is 1.44. The smallest absolute Gasteiger partial charge is 0.277 e. The molecule has 4 aromatic rings. The molecule has 29 heavy (non-hydrogen) atoms. The van der Waals surface area contributed by atoms with Gasteiger partial charge >= 0.3 is 0 Å². The van der Waals surface area contributed by atoms with Gasteiger partial charge in [0.25, 0.3) is 11.3 Å². The summed E-state index contributed by atoms with van der Waals surface area (Å²) in [4.78, 5) is 22.1. The molecule has 0 unspecified atom stereocenters. The SMILES string of the molecule is Cc1ccc(Cc2c(C)nc3nc(CNc4ccc(C)cc4C)[nH]n3c2=O)cc1. The number of benzene rings is 2. The molecule has 2 aromatic carbocycles. The Morgan fingerprint density at radius 1 is 0.966 bits per heavy atom. The first-order valence-corrected chi connectivity index (χ1v) is 9.74. The van der Waals surface area contributed by atoms with Gasteiger partial charge in [0.15, 0.2) is 0 Å². The molecule has 0 saturated heterocycles. The highest BCUT2D eigenvalue weighted by Crippen LogP contribution is 2.17. The summed E-state index contributed by atoms with van der Waals surface area (Å²) in [7, 11) is 0. The molecule has 6 nitrogen and oxygen atoms in total. The number of aromatic nitrogens is 4. The lowest BCUT2D eigenvalue weighted by Crippen LogP contribution is -2.22. The second kappa shape index (κ2) is 7.54. The molecule has 2 N–H and O–H groups in total. The van der Waals surface area contributed by atoms with Gasteiger partial charge in [0.2, 0.25) is 0 Å². The Hall–Kier alpha value is -3.41. The number of hydrogen-bond acceptors (Lipinski definition) is 4. The number of anilines is 1.